The van der Waals surface area contributed by atoms with E-state index in [0.717, 1.165) is 21.3 Å². The van der Waals surface area contributed by atoms with Crippen LogP contribution in [0.25, 0.3) is 22.1 Å². The number of primary amides is 2. The van der Waals surface area contributed by atoms with E-state index in [-0.39, 0.29) is 61.7 Å². The van der Waals surface area contributed by atoms with Gasteiger partial charge in [0.1, 0.15) is 11.4 Å². The number of rotatable bonds is 12. The Morgan fingerprint density at radius 3 is 1.76 bits per heavy atom. The van der Waals surface area contributed by atoms with Gasteiger partial charge in [-0.25, -0.2) is 13.3 Å². The summed E-state index contributed by atoms with van der Waals surface area (Å²) in [5, 5.41) is 8.49. The molecule has 59 heavy (non-hydrogen) atoms. The molecule has 20 heteroatoms. The first-order valence-electron chi connectivity index (χ1n) is 18.7. The number of nitrogens with two attached hydrogens (primary N) is 2. The maximum absolute atomic E-state index is 17.0. The second kappa shape index (κ2) is 15.6. The van der Waals surface area contributed by atoms with Crippen LogP contribution >= 0.6 is 0 Å². The highest BCUT2D eigenvalue weighted by molar-refractivity contribution is 5.98. The van der Waals surface area contributed by atoms with Crippen molar-refractivity contribution in [2.75, 3.05) is 0 Å². The number of halogens is 4. The molecule has 0 bridgehead atoms. The average Bonchev–Trinajstić information content (AvgIpc) is 3.91. The molecule has 0 spiro atoms. The Bertz CT molecular complexity index is 2830. The van der Waals surface area contributed by atoms with E-state index in [9.17, 15) is 19.2 Å². The number of carbonyl (C=O) groups is 4. The van der Waals surface area contributed by atoms with Crippen LogP contribution < -0.4 is 22.7 Å². The first-order valence-corrected chi connectivity index (χ1v) is 18.7. The zero-order chi connectivity index (χ0) is 43.4. The Kier molecular flexibility index (Phi) is 11.1. The van der Waals surface area contributed by atoms with Crippen LogP contribution in [0.15, 0.2) is 52.4 Å². The summed E-state index contributed by atoms with van der Waals surface area (Å²) in [5.74, 6) is -3.84. The highest BCUT2D eigenvalue weighted by Gasteiger charge is 2.50. The molecule has 312 valence electrons. The Morgan fingerprint density at radius 2 is 1.25 bits per heavy atom. The Balaban J connectivity index is 1.55. The van der Waals surface area contributed by atoms with Crippen LogP contribution in [0, 0.1) is 13.8 Å². The number of aryl methyl sites for hydroxylation is 6. The van der Waals surface area contributed by atoms with E-state index >= 15 is 17.6 Å². The average molecular weight is 821 g/mol. The second-order valence-electron chi connectivity index (χ2n) is 14.5. The molecule has 4 N–H and O–H groups in total. The first kappa shape index (κ1) is 42.0. The van der Waals surface area contributed by atoms with Gasteiger partial charge in [-0.3, -0.25) is 28.5 Å². The molecule has 6 rings (SSSR count). The third-order valence-electron chi connectivity index (χ3n) is 10.1. The lowest BCUT2D eigenvalue weighted by Gasteiger charge is -2.26. The van der Waals surface area contributed by atoms with Crippen LogP contribution in [0.2, 0.25) is 0 Å². The quantitative estimate of drug-likeness (QED) is 0.175. The molecule has 0 aliphatic heterocycles. The van der Waals surface area contributed by atoms with Crippen LogP contribution in [-0.4, -0.2) is 73.8 Å². The minimum absolute atomic E-state index is 0.0427. The lowest BCUT2D eigenvalue weighted by atomic mass is 9.98. The highest BCUT2D eigenvalue weighted by atomic mass is 19.3. The highest BCUT2D eigenvalue weighted by Crippen LogP contribution is 2.35. The molecule has 4 amide bonds. The maximum Gasteiger partial charge on any atom is 0.366 e. The van der Waals surface area contributed by atoms with Gasteiger partial charge in [0.2, 0.25) is 29.2 Å². The Hall–Kier alpha value is -6.60. The van der Waals surface area contributed by atoms with Gasteiger partial charge in [0.05, 0.1) is 40.0 Å². The molecule has 0 aliphatic carbocycles. The van der Waals surface area contributed by atoms with Gasteiger partial charge in [0, 0.05) is 38.3 Å². The molecule has 2 unspecified atom stereocenters. The standard InChI is InChI=1S/C39H44F4N12O4/c1-9-53-29(13-20(5)48-53)35(58)46-37-51(8)28-17-23(34(45)57)15-24(19(3)4)31(28)52(37)18-25(40)32(41)39(42,43)55-26-12-11-22(33(44)56)16-27(26)50(7)38(55)47-36(59)30-14-21(6)49-54(30)10-2/h11-17,19,25,32H,9-10,18H2,1-8H3,(H2,44,56)(H2,45,57). The van der Waals surface area contributed by atoms with Gasteiger partial charge in [0.15, 0.2) is 6.17 Å². The zero-order valence-corrected chi connectivity index (χ0v) is 33.7. The van der Waals surface area contributed by atoms with Crippen molar-refractivity contribution in [2.45, 2.75) is 85.5 Å². The van der Waals surface area contributed by atoms with E-state index in [4.69, 9.17) is 11.5 Å². The second-order valence-corrected chi connectivity index (χ2v) is 14.5. The summed E-state index contributed by atoms with van der Waals surface area (Å²) in [7, 11) is 2.74. The molecule has 2 aromatic carbocycles. The molecule has 16 nitrogen and oxygen atoms in total. The first-order chi connectivity index (χ1) is 27.7. The summed E-state index contributed by atoms with van der Waals surface area (Å²) in [6.45, 7) is 9.75. The molecular formula is C39H44F4N12O4. The molecule has 4 aromatic heterocycles. The van der Waals surface area contributed by atoms with Crippen molar-refractivity contribution >= 4 is 45.7 Å². The third-order valence-corrected chi connectivity index (χ3v) is 10.1. The number of hydrogen-bond donors (Lipinski definition) is 2. The van der Waals surface area contributed by atoms with E-state index in [1.165, 1.54) is 58.4 Å². The van der Waals surface area contributed by atoms with Crippen molar-refractivity contribution in [2.24, 2.45) is 35.5 Å². The van der Waals surface area contributed by atoms with Gasteiger partial charge in [-0.05, 0) is 81.6 Å². The molecular weight excluding hydrogens is 777 g/mol. The van der Waals surface area contributed by atoms with Crippen molar-refractivity contribution in [3.8, 4) is 0 Å². The summed E-state index contributed by atoms with van der Waals surface area (Å²) < 4.78 is 73.7. The molecule has 0 saturated heterocycles. The lowest BCUT2D eigenvalue weighted by molar-refractivity contribution is -0.165. The van der Waals surface area contributed by atoms with Crippen LogP contribution in [0.5, 0.6) is 0 Å². The van der Waals surface area contributed by atoms with Crippen molar-refractivity contribution in [3.05, 3.63) is 93.2 Å². The van der Waals surface area contributed by atoms with E-state index < -0.39 is 59.7 Å². The predicted octanol–water partition coefficient (Wildman–Crippen LogP) is 4.05. The fourth-order valence-electron chi connectivity index (χ4n) is 7.21. The van der Waals surface area contributed by atoms with E-state index in [0.29, 0.717) is 23.5 Å². The van der Waals surface area contributed by atoms with Gasteiger partial charge < -0.3 is 25.2 Å². The fraction of sp³-hybridized carbons (Fsp3) is 0.385. The lowest BCUT2D eigenvalue weighted by Crippen LogP contribution is -2.47. The fourth-order valence-corrected chi connectivity index (χ4v) is 7.21. The molecule has 0 fully saturated rings. The number of fused-ring (bicyclic) bond motifs is 2. The van der Waals surface area contributed by atoms with Crippen LogP contribution in [0.1, 0.15) is 92.3 Å². The smallest absolute Gasteiger partial charge is 0.366 e. The largest absolute Gasteiger partial charge is 0.366 e. The number of nitrogens with zero attached hydrogens (tertiary/aromatic N) is 10. The van der Waals surface area contributed by atoms with Crippen LogP contribution in [-0.2, 0) is 39.8 Å². The summed E-state index contributed by atoms with van der Waals surface area (Å²) >= 11 is 0. The van der Waals surface area contributed by atoms with Crippen LogP contribution in [0.3, 0.4) is 0 Å². The number of benzene rings is 2. The van der Waals surface area contributed by atoms with Crippen molar-refractivity contribution in [1.29, 1.82) is 0 Å². The topological polar surface area (TPSA) is 200 Å². The summed E-state index contributed by atoms with van der Waals surface area (Å²) in [6.07, 6.45) is -6.63. The maximum atomic E-state index is 17.0. The van der Waals surface area contributed by atoms with Crippen molar-refractivity contribution < 1.29 is 36.7 Å². The van der Waals surface area contributed by atoms with E-state index in [1.54, 1.807) is 41.5 Å². The third kappa shape index (κ3) is 7.38. The van der Waals surface area contributed by atoms with Gasteiger partial charge in [0.25, 0.3) is 11.8 Å². The van der Waals surface area contributed by atoms with E-state index in [1.807, 2.05) is 0 Å². The Labute approximate surface area is 334 Å². The minimum atomic E-state index is -4.75. The number of imidazole rings is 2. The predicted molar refractivity (Wildman–Crippen MR) is 208 cm³/mol. The number of amides is 4. The normalized spacial score (nSPS) is 13.9. The van der Waals surface area contributed by atoms with Gasteiger partial charge in [-0.15, -0.1) is 0 Å². The SMILES string of the molecule is CCn1nc(C)cc1C(=O)N=c1n(C)c2cc(C(N)=O)cc(C(C)C)c2n1CC(F)C(F)C(F)(F)n1c(=NC(=O)c2cc(C)nn2CC)n(C)c2cc(C(N)=O)ccc21. The molecule has 0 saturated carbocycles. The summed E-state index contributed by atoms with van der Waals surface area (Å²) in [5.41, 5.74) is 11.5. The molecule has 0 aliphatic rings. The Morgan fingerprint density at radius 1 is 0.746 bits per heavy atom. The number of aromatic nitrogens is 8. The molecule has 2 atom stereocenters. The number of carbonyl (C=O) groups excluding carboxylic acids is 4. The summed E-state index contributed by atoms with van der Waals surface area (Å²) in [4.78, 5) is 60.0. The zero-order valence-electron chi connectivity index (χ0n) is 33.7. The number of alkyl halides is 4. The molecule has 4 heterocycles. The van der Waals surface area contributed by atoms with Crippen LogP contribution in [0.4, 0.5) is 17.6 Å². The minimum Gasteiger partial charge on any atom is -0.366 e. The van der Waals surface area contributed by atoms with Gasteiger partial charge >= 0.3 is 6.05 Å². The molecule has 0 radical (unpaired) electrons. The van der Waals surface area contributed by atoms with E-state index in [2.05, 4.69) is 20.2 Å². The van der Waals surface area contributed by atoms with Gasteiger partial charge in [-0.2, -0.15) is 29.0 Å². The monoisotopic (exact) mass is 820 g/mol. The van der Waals surface area contributed by atoms with Gasteiger partial charge in [-0.1, -0.05) is 13.8 Å². The summed E-state index contributed by atoms with van der Waals surface area (Å²) in [6, 6.07) is 4.39. The van der Waals surface area contributed by atoms with Crippen molar-refractivity contribution in [1.82, 2.24) is 37.8 Å². The molecule has 6 aromatic rings. The van der Waals surface area contributed by atoms with Crippen molar-refractivity contribution in [3.63, 3.8) is 0 Å². The number of hydrogen-bond acceptors (Lipinski definition) is 6.